The van der Waals surface area contributed by atoms with E-state index in [2.05, 4.69) is 33.9 Å². The minimum Gasteiger partial charge on any atom is -0.488 e. The van der Waals surface area contributed by atoms with E-state index in [4.69, 9.17) is 14.3 Å². The van der Waals surface area contributed by atoms with E-state index in [-0.39, 0.29) is 17.4 Å². The summed E-state index contributed by atoms with van der Waals surface area (Å²) < 4.78 is 24.9. The molecule has 0 fully saturated rings. The molecule has 0 aliphatic carbocycles. The van der Waals surface area contributed by atoms with E-state index in [1.54, 1.807) is 0 Å². The molecule has 20 heavy (non-hydrogen) atoms. The molecule has 1 rings (SSSR count). The third kappa shape index (κ3) is 4.58. The van der Waals surface area contributed by atoms with E-state index in [9.17, 15) is 4.39 Å². The van der Waals surface area contributed by atoms with Gasteiger partial charge in [0.05, 0.1) is 13.2 Å². The Labute approximate surface area is 121 Å². The normalized spacial score (nSPS) is 12.6. The molecular weight excluding hydrogens is 275 g/mol. The van der Waals surface area contributed by atoms with Crippen LogP contribution < -0.4 is 4.74 Å². The van der Waals surface area contributed by atoms with Crippen molar-refractivity contribution < 1.29 is 18.7 Å². The fourth-order valence-electron chi connectivity index (χ4n) is 1.42. The van der Waals surface area contributed by atoms with E-state index < -0.39 is 14.1 Å². The number of hydrogen-bond donors (Lipinski definition) is 1. The molecule has 0 saturated heterocycles. The minimum atomic E-state index is -1.79. The number of aliphatic hydroxyl groups is 1. The zero-order chi connectivity index (χ0) is 15.4. The highest BCUT2D eigenvalue weighted by Crippen LogP contribution is 2.36. The SMILES string of the molecule is CC(C)(C)[Si](C)(C)OCCOc1cc(CO)ccc1F. The molecule has 5 heteroatoms. The van der Waals surface area contributed by atoms with Crippen LogP contribution in [-0.2, 0) is 11.0 Å². The van der Waals surface area contributed by atoms with E-state index in [1.807, 2.05) is 0 Å². The lowest BCUT2D eigenvalue weighted by atomic mass is 10.2. The van der Waals surface area contributed by atoms with Crippen molar-refractivity contribution in [2.75, 3.05) is 13.2 Å². The lowest BCUT2D eigenvalue weighted by Gasteiger charge is -2.36. The van der Waals surface area contributed by atoms with Crippen molar-refractivity contribution in [1.29, 1.82) is 0 Å². The first-order valence-corrected chi connectivity index (χ1v) is 9.74. The summed E-state index contributed by atoms with van der Waals surface area (Å²) in [4.78, 5) is 0. The molecule has 0 aliphatic heterocycles. The van der Waals surface area contributed by atoms with Gasteiger partial charge in [-0.1, -0.05) is 26.8 Å². The fourth-order valence-corrected chi connectivity index (χ4v) is 2.45. The summed E-state index contributed by atoms with van der Waals surface area (Å²) in [6.07, 6.45) is 0. The Kier molecular flexibility index (Phi) is 5.74. The summed E-state index contributed by atoms with van der Waals surface area (Å²) in [6, 6.07) is 4.35. The second-order valence-corrected chi connectivity index (χ2v) is 11.2. The van der Waals surface area contributed by atoms with E-state index in [0.717, 1.165) is 0 Å². The van der Waals surface area contributed by atoms with Crippen molar-refractivity contribution in [3.8, 4) is 5.75 Å². The topological polar surface area (TPSA) is 38.7 Å². The Morgan fingerprint density at radius 2 is 1.85 bits per heavy atom. The monoisotopic (exact) mass is 300 g/mol. The van der Waals surface area contributed by atoms with Crippen LogP contribution in [0.2, 0.25) is 18.1 Å². The zero-order valence-electron chi connectivity index (χ0n) is 13.0. The number of rotatable bonds is 6. The molecule has 114 valence electrons. The third-order valence-corrected chi connectivity index (χ3v) is 8.33. The van der Waals surface area contributed by atoms with Gasteiger partial charge in [-0.15, -0.1) is 0 Å². The van der Waals surface area contributed by atoms with Crippen LogP contribution >= 0.6 is 0 Å². The molecule has 1 aromatic carbocycles. The zero-order valence-corrected chi connectivity index (χ0v) is 14.0. The van der Waals surface area contributed by atoms with Crippen molar-refractivity contribution >= 4 is 8.32 Å². The van der Waals surface area contributed by atoms with Gasteiger partial charge in [0, 0.05) is 0 Å². The van der Waals surface area contributed by atoms with Crippen LogP contribution in [0.25, 0.3) is 0 Å². The van der Waals surface area contributed by atoms with Gasteiger partial charge in [0.1, 0.15) is 6.61 Å². The smallest absolute Gasteiger partial charge is 0.192 e. The lowest BCUT2D eigenvalue weighted by molar-refractivity contribution is 0.198. The average Bonchev–Trinajstić information content (AvgIpc) is 2.35. The summed E-state index contributed by atoms with van der Waals surface area (Å²) in [5.74, 6) is -0.259. The minimum absolute atomic E-state index is 0.128. The Morgan fingerprint density at radius 1 is 1.20 bits per heavy atom. The van der Waals surface area contributed by atoms with Crippen molar-refractivity contribution in [3.63, 3.8) is 0 Å². The largest absolute Gasteiger partial charge is 0.488 e. The molecule has 0 saturated carbocycles. The van der Waals surface area contributed by atoms with E-state index in [0.29, 0.717) is 18.8 Å². The van der Waals surface area contributed by atoms with Crippen LogP contribution in [0.1, 0.15) is 26.3 Å². The van der Waals surface area contributed by atoms with Crippen molar-refractivity contribution in [3.05, 3.63) is 29.6 Å². The summed E-state index contributed by atoms with van der Waals surface area (Å²) in [5, 5.41) is 9.17. The highest BCUT2D eigenvalue weighted by Gasteiger charge is 2.36. The first-order chi connectivity index (χ1) is 9.17. The Balaban J connectivity index is 2.49. The van der Waals surface area contributed by atoms with Crippen LogP contribution in [0, 0.1) is 5.82 Å². The maximum atomic E-state index is 13.5. The number of hydrogen-bond acceptors (Lipinski definition) is 3. The molecule has 0 radical (unpaired) electrons. The molecule has 0 bridgehead atoms. The van der Waals surface area contributed by atoms with Gasteiger partial charge in [-0.2, -0.15) is 0 Å². The molecule has 0 spiro atoms. The van der Waals surface area contributed by atoms with Crippen LogP contribution in [0.3, 0.4) is 0 Å². The molecule has 0 amide bonds. The summed E-state index contributed by atoms with van der Waals surface area (Å²) in [5.41, 5.74) is 0.631. The van der Waals surface area contributed by atoms with Crippen molar-refractivity contribution in [2.24, 2.45) is 0 Å². The molecule has 0 heterocycles. The number of benzene rings is 1. The van der Waals surface area contributed by atoms with Crippen LogP contribution in [0.15, 0.2) is 18.2 Å². The van der Waals surface area contributed by atoms with Crippen LogP contribution in [0.4, 0.5) is 4.39 Å². The average molecular weight is 300 g/mol. The number of ether oxygens (including phenoxy) is 1. The molecule has 0 unspecified atom stereocenters. The van der Waals surface area contributed by atoms with Gasteiger partial charge >= 0.3 is 0 Å². The highest BCUT2D eigenvalue weighted by atomic mass is 28.4. The van der Waals surface area contributed by atoms with Crippen LogP contribution in [-0.4, -0.2) is 26.6 Å². The molecule has 0 aliphatic rings. The summed E-state index contributed by atoms with van der Waals surface area (Å²) in [6.45, 7) is 11.5. The third-order valence-electron chi connectivity index (χ3n) is 3.79. The summed E-state index contributed by atoms with van der Waals surface area (Å²) in [7, 11) is -1.79. The second-order valence-electron chi connectivity index (χ2n) is 6.38. The Morgan fingerprint density at radius 3 is 2.40 bits per heavy atom. The lowest BCUT2D eigenvalue weighted by Crippen LogP contribution is -2.41. The van der Waals surface area contributed by atoms with Gasteiger partial charge in [0.25, 0.3) is 0 Å². The van der Waals surface area contributed by atoms with Gasteiger partial charge in [-0.05, 0) is 35.8 Å². The second kappa shape index (κ2) is 6.69. The van der Waals surface area contributed by atoms with E-state index in [1.165, 1.54) is 18.2 Å². The Bertz CT molecular complexity index is 441. The molecule has 0 aromatic heterocycles. The number of aliphatic hydroxyl groups excluding tert-OH is 1. The van der Waals surface area contributed by atoms with Gasteiger partial charge in [0.2, 0.25) is 0 Å². The van der Waals surface area contributed by atoms with Gasteiger partial charge in [0.15, 0.2) is 19.9 Å². The standard InChI is InChI=1S/C15H25FO3Si/c1-15(2,3)20(4,5)19-9-8-18-14-10-12(11-17)6-7-13(14)16/h6-7,10,17H,8-9,11H2,1-5H3. The molecule has 0 atom stereocenters. The highest BCUT2D eigenvalue weighted by molar-refractivity contribution is 6.74. The predicted molar refractivity (Wildman–Crippen MR) is 81.0 cm³/mol. The van der Waals surface area contributed by atoms with Gasteiger partial charge in [-0.25, -0.2) is 4.39 Å². The molecular formula is C15H25FO3Si. The quantitative estimate of drug-likeness (QED) is 0.643. The first kappa shape index (κ1) is 17.1. The van der Waals surface area contributed by atoms with Gasteiger partial charge < -0.3 is 14.3 Å². The Hall–Kier alpha value is -0.913. The van der Waals surface area contributed by atoms with Crippen LogP contribution in [0.5, 0.6) is 5.75 Å². The maximum absolute atomic E-state index is 13.5. The van der Waals surface area contributed by atoms with E-state index >= 15 is 0 Å². The first-order valence-electron chi connectivity index (χ1n) is 6.83. The van der Waals surface area contributed by atoms with Gasteiger partial charge in [-0.3, -0.25) is 0 Å². The maximum Gasteiger partial charge on any atom is 0.192 e. The molecule has 1 aromatic rings. The number of halogens is 1. The van der Waals surface area contributed by atoms with Crippen molar-refractivity contribution in [1.82, 2.24) is 0 Å². The predicted octanol–water partition coefficient (Wildman–Crippen LogP) is 3.72. The fraction of sp³-hybridized carbons (Fsp3) is 0.600. The molecule has 3 nitrogen and oxygen atoms in total. The molecule has 1 N–H and O–H groups in total. The van der Waals surface area contributed by atoms with Crippen molar-refractivity contribution in [2.45, 2.75) is 45.5 Å². The summed E-state index contributed by atoms with van der Waals surface area (Å²) >= 11 is 0.